The third kappa shape index (κ3) is 6.12. The quantitative estimate of drug-likeness (QED) is 0.718. The van der Waals surface area contributed by atoms with Crippen molar-refractivity contribution >= 4 is 29.2 Å². The summed E-state index contributed by atoms with van der Waals surface area (Å²) in [5.74, 6) is 0.269. The van der Waals surface area contributed by atoms with Crippen molar-refractivity contribution < 1.29 is 14.4 Å². The standard InChI is InChI=1S/C26H32N4O3/c31-24(30-18-14-21(15-19-30)25(32)29-16-6-1-2-7-17-29)20-10-12-23(13-11-20)28-26(33)27-22-8-4-3-5-9-22/h3-5,8-13,21H,1-2,6-7,14-19H2,(H2,27,28,33). The normalized spacial score (nSPS) is 17.2. The number of rotatable bonds is 4. The Morgan fingerprint density at radius 2 is 1.24 bits per heavy atom. The first-order chi connectivity index (χ1) is 16.1. The first kappa shape index (κ1) is 22.8. The number of benzene rings is 2. The van der Waals surface area contributed by atoms with Gasteiger partial charge in [0.05, 0.1) is 0 Å². The van der Waals surface area contributed by atoms with Crippen molar-refractivity contribution in [1.29, 1.82) is 0 Å². The van der Waals surface area contributed by atoms with Gasteiger partial charge in [0.1, 0.15) is 0 Å². The van der Waals surface area contributed by atoms with Gasteiger partial charge >= 0.3 is 6.03 Å². The van der Waals surface area contributed by atoms with Gasteiger partial charge in [-0.15, -0.1) is 0 Å². The van der Waals surface area contributed by atoms with Crippen molar-refractivity contribution in [3.8, 4) is 0 Å². The fraction of sp³-hybridized carbons (Fsp3) is 0.423. The summed E-state index contributed by atoms with van der Waals surface area (Å²) >= 11 is 0. The summed E-state index contributed by atoms with van der Waals surface area (Å²) in [5, 5.41) is 5.54. The summed E-state index contributed by atoms with van der Waals surface area (Å²) in [6.07, 6.45) is 6.07. The number of piperidine rings is 1. The molecule has 7 nitrogen and oxygen atoms in total. The maximum Gasteiger partial charge on any atom is 0.323 e. The zero-order chi connectivity index (χ0) is 23.0. The van der Waals surface area contributed by atoms with Crippen LogP contribution in [0.2, 0.25) is 0 Å². The molecule has 4 rings (SSSR count). The molecule has 0 saturated carbocycles. The lowest BCUT2D eigenvalue weighted by atomic mass is 9.94. The summed E-state index contributed by atoms with van der Waals surface area (Å²) in [4.78, 5) is 41.8. The van der Waals surface area contributed by atoms with Crippen LogP contribution >= 0.6 is 0 Å². The average Bonchev–Trinajstić information content (AvgIpc) is 3.14. The minimum absolute atomic E-state index is 0.0295. The average molecular weight is 449 g/mol. The van der Waals surface area contributed by atoms with Gasteiger partial charge in [0.15, 0.2) is 0 Å². The first-order valence-electron chi connectivity index (χ1n) is 11.9. The van der Waals surface area contributed by atoms with E-state index in [1.165, 1.54) is 12.8 Å². The lowest BCUT2D eigenvalue weighted by Crippen LogP contribution is -2.44. The second-order valence-corrected chi connectivity index (χ2v) is 8.83. The number of likely N-dealkylation sites (tertiary alicyclic amines) is 2. The predicted octanol–water partition coefficient (Wildman–Crippen LogP) is 4.59. The predicted molar refractivity (Wildman–Crippen MR) is 129 cm³/mol. The number of nitrogens with one attached hydrogen (secondary N) is 2. The van der Waals surface area contributed by atoms with E-state index in [9.17, 15) is 14.4 Å². The molecule has 2 aromatic carbocycles. The topological polar surface area (TPSA) is 81.8 Å². The van der Waals surface area contributed by atoms with E-state index < -0.39 is 0 Å². The van der Waals surface area contributed by atoms with Crippen molar-refractivity contribution in [3.05, 3.63) is 60.2 Å². The zero-order valence-corrected chi connectivity index (χ0v) is 19.0. The maximum absolute atomic E-state index is 12.9. The number of carbonyl (C=O) groups excluding carboxylic acids is 3. The van der Waals surface area contributed by atoms with Crippen molar-refractivity contribution in [2.24, 2.45) is 5.92 Å². The Morgan fingerprint density at radius 1 is 0.667 bits per heavy atom. The van der Waals surface area contributed by atoms with E-state index in [1.807, 2.05) is 40.1 Å². The van der Waals surface area contributed by atoms with E-state index in [2.05, 4.69) is 10.6 Å². The lowest BCUT2D eigenvalue weighted by Gasteiger charge is -2.34. The van der Waals surface area contributed by atoms with E-state index in [0.29, 0.717) is 30.0 Å². The van der Waals surface area contributed by atoms with Gasteiger partial charge in [0, 0.05) is 49.0 Å². The highest BCUT2D eigenvalue weighted by Crippen LogP contribution is 2.23. The monoisotopic (exact) mass is 448 g/mol. The van der Waals surface area contributed by atoms with E-state index in [-0.39, 0.29) is 23.8 Å². The van der Waals surface area contributed by atoms with E-state index in [1.54, 1.807) is 24.3 Å². The molecule has 33 heavy (non-hydrogen) atoms. The van der Waals surface area contributed by atoms with Crippen LogP contribution in [-0.4, -0.2) is 53.8 Å². The molecular weight excluding hydrogens is 416 g/mol. The molecule has 174 valence electrons. The largest absolute Gasteiger partial charge is 0.342 e. The van der Waals surface area contributed by atoms with Crippen LogP contribution in [0.15, 0.2) is 54.6 Å². The number of carbonyl (C=O) groups is 3. The number of urea groups is 1. The minimum Gasteiger partial charge on any atom is -0.342 e. The Balaban J connectivity index is 1.26. The molecule has 2 aliphatic rings. The fourth-order valence-electron chi connectivity index (χ4n) is 4.57. The van der Waals surface area contributed by atoms with Gasteiger partial charge < -0.3 is 20.4 Å². The highest BCUT2D eigenvalue weighted by molar-refractivity contribution is 6.00. The summed E-state index contributed by atoms with van der Waals surface area (Å²) < 4.78 is 0. The second-order valence-electron chi connectivity index (χ2n) is 8.83. The molecule has 0 bridgehead atoms. The summed E-state index contributed by atoms with van der Waals surface area (Å²) in [7, 11) is 0. The molecular formula is C26H32N4O3. The van der Waals surface area contributed by atoms with E-state index >= 15 is 0 Å². The van der Waals surface area contributed by atoms with Gasteiger partial charge in [-0.25, -0.2) is 4.79 Å². The molecule has 0 aromatic heterocycles. The highest BCUT2D eigenvalue weighted by Gasteiger charge is 2.30. The van der Waals surface area contributed by atoms with Crippen LogP contribution in [0.4, 0.5) is 16.2 Å². The Labute approximate surface area is 195 Å². The Bertz CT molecular complexity index is 945. The van der Waals surface area contributed by atoms with Crippen molar-refractivity contribution in [2.45, 2.75) is 38.5 Å². The molecule has 7 heteroatoms. The van der Waals surface area contributed by atoms with Crippen LogP contribution in [0.3, 0.4) is 0 Å². The molecule has 2 fully saturated rings. The first-order valence-corrected chi connectivity index (χ1v) is 11.9. The number of hydrogen-bond acceptors (Lipinski definition) is 3. The lowest BCUT2D eigenvalue weighted by molar-refractivity contribution is -0.136. The Hall–Kier alpha value is -3.35. The van der Waals surface area contributed by atoms with Gasteiger partial charge in [0.2, 0.25) is 5.91 Å². The van der Waals surface area contributed by atoms with Crippen LogP contribution in [0.25, 0.3) is 0 Å². The third-order valence-electron chi connectivity index (χ3n) is 6.47. The zero-order valence-electron chi connectivity index (χ0n) is 19.0. The molecule has 0 unspecified atom stereocenters. The van der Waals surface area contributed by atoms with Crippen LogP contribution in [0, 0.1) is 5.92 Å². The van der Waals surface area contributed by atoms with Crippen LogP contribution in [0.1, 0.15) is 48.9 Å². The molecule has 0 aliphatic carbocycles. The van der Waals surface area contributed by atoms with Crippen LogP contribution in [0.5, 0.6) is 0 Å². The molecule has 4 amide bonds. The van der Waals surface area contributed by atoms with Crippen LogP contribution < -0.4 is 10.6 Å². The van der Waals surface area contributed by atoms with Gasteiger partial charge in [-0.3, -0.25) is 9.59 Å². The molecule has 2 aliphatic heterocycles. The SMILES string of the molecule is O=C(Nc1ccccc1)Nc1ccc(C(=O)N2CCC(C(=O)N3CCCCCC3)CC2)cc1. The second kappa shape index (κ2) is 11.0. The number of hydrogen-bond donors (Lipinski definition) is 2. The highest BCUT2D eigenvalue weighted by atomic mass is 16.2. The smallest absolute Gasteiger partial charge is 0.323 e. The number of amides is 4. The summed E-state index contributed by atoms with van der Waals surface area (Å²) in [6, 6.07) is 15.8. The van der Waals surface area contributed by atoms with Crippen molar-refractivity contribution in [1.82, 2.24) is 9.80 Å². The molecule has 2 heterocycles. The number of para-hydroxylation sites is 1. The number of nitrogens with zero attached hydrogens (tertiary/aromatic N) is 2. The third-order valence-corrected chi connectivity index (χ3v) is 6.47. The summed E-state index contributed by atoms with van der Waals surface area (Å²) in [6.45, 7) is 2.95. The Morgan fingerprint density at radius 3 is 1.85 bits per heavy atom. The van der Waals surface area contributed by atoms with Crippen molar-refractivity contribution in [3.63, 3.8) is 0 Å². The van der Waals surface area contributed by atoms with Crippen LogP contribution in [-0.2, 0) is 4.79 Å². The Kier molecular flexibility index (Phi) is 7.60. The van der Waals surface area contributed by atoms with Crippen molar-refractivity contribution in [2.75, 3.05) is 36.8 Å². The molecule has 0 atom stereocenters. The van der Waals surface area contributed by atoms with Gasteiger partial charge in [-0.2, -0.15) is 0 Å². The van der Waals surface area contributed by atoms with Gasteiger partial charge in [0.25, 0.3) is 5.91 Å². The molecule has 0 spiro atoms. The molecule has 0 radical (unpaired) electrons. The van der Waals surface area contributed by atoms with Gasteiger partial charge in [-0.1, -0.05) is 31.0 Å². The number of anilines is 2. The molecule has 2 N–H and O–H groups in total. The van der Waals surface area contributed by atoms with Gasteiger partial charge in [-0.05, 0) is 62.1 Å². The fourth-order valence-corrected chi connectivity index (χ4v) is 4.57. The minimum atomic E-state index is -0.337. The molecule has 2 saturated heterocycles. The van der Waals surface area contributed by atoms with E-state index in [0.717, 1.165) is 38.8 Å². The summed E-state index contributed by atoms with van der Waals surface area (Å²) in [5.41, 5.74) is 1.91. The molecule has 2 aromatic rings. The van der Waals surface area contributed by atoms with E-state index in [4.69, 9.17) is 0 Å². The maximum atomic E-state index is 12.9.